The van der Waals surface area contributed by atoms with Crippen molar-refractivity contribution in [3.05, 3.63) is 52.6 Å². The molecule has 1 N–H and O–H groups in total. The lowest BCUT2D eigenvalue weighted by Gasteiger charge is -2.36. The maximum atomic E-state index is 15.6. The van der Waals surface area contributed by atoms with Crippen molar-refractivity contribution in [3.63, 3.8) is 0 Å². The lowest BCUT2D eigenvalue weighted by Crippen LogP contribution is -2.45. The molecule has 42 heavy (non-hydrogen) atoms. The molecule has 2 aliphatic rings. The van der Waals surface area contributed by atoms with Crippen molar-refractivity contribution in [3.8, 4) is 28.3 Å². The number of aromatic nitrogens is 4. The van der Waals surface area contributed by atoms with E-state index in [9.17, 15) is 9.90 Å². The highest BCUT2D eigenvalue weighted by Gasteiger charge is 2.35. The van der Waals surface area contributed by atoms with Gasteiger partial charge in [0.2, 0.25) is 0 Å². The summed E-state index contributed by atoms with van der Waals surface area (Å²) >= 11 is 0. The smallest absolute Gasteiger partial charge is 0.337 e. The lowest BCUT2D eigenvalue weighted by molar-refractivity contribution is -0.160. The van der Waals surface area contributed by atoms with E-state index in [2.05, 4.69) is 11.9 Å². The highest BCUT2D eigenvalue weighted by atomic mass is 19.1. The zero-order valence-corrected chi connectivity index (χ0v) is 25.3. The second-order valence-electron chi connectivity index (χ2n) is 12.6. The largest absolute Gasteiger partial charge is 0.490 e. The highest BCUT2D eigenvalue weighted by molar-refractivity contribution is 6.01. The SMILES string of the molecule is Cc1nc2c(cc(-c3ccn(C4CN(C)C4)n3)n2C)c(-c2cc(F)c3c(c2C)CCCO3)c1[C@H](OC(C)(C)C)C(=O)O. The van der Waals surface area contributed by atoms with Gasteiger partial charge in [0.15, 0.2) is 17.7 Å². The van der Waals surface area contributed by atoms with Crippen molar-refractivity contribution >= 4 is 17.0 Å². The van der Waals surface area contributed by atoms with Crippen LogP contribution in [0, 0.1) is 19.7 Å². The third-order valence-electron chi connectivity index (χ3n) is 8.36. The van der Waals surface area contributed by atoms with Crippen molar-refractivity contribution in [1.29, 1.82) is 0 Å². The number of fused-ring (bicyclic) bond motifs is 2. The van der Waals surface area contributed by atoms with Crippen LogP contribution in [0.1, 0.15) is 61.7 Å². The van der Waals surface area contributed by atoms with Crippen molar-refractivity contribution in [2.24, 2.45) is 7.05 Å². The molecule has 6 rings (SSSR count). The van der Waals surface area contributed by atoms with Crippen LogP contribution < -0.4 is 4.74 Å². The van der Waals surface area contributed by atoms with E-state index in [1.165, 1.54) is 6.07 Å². The number of likely N-dealkylation sites (N-methyl/N-ethyl adjacent to an activating group) is 1. The minimum atomic E-state index is -1.31. The van der Waals surface area contributed by atoms with Gasteiger partial charge in [-0.05, 0) is 83.8 Å². The fraction of sp³-hybridized carbons (Fsp3) is 0.469. The number of rotatable bonds is 6. The topological polar surface area (TPSA) is 94.6 Å². The van der Waals surface area contributed by atoms with Crippen LogP contribution in [0.4, 0.5) is 4.39 Å². The third kappa shape index (κ3) is 4.76. The first-order valence-corrected chi connectivity index (χ1v) is 14.4. The number of carboxylic acid groups (broad SMARTS) is 1. The van der Waals surface area contributed by atoms with E-state index in [1.54, 1.807) is 6.92 Å². The number of nitrogens with zero attached hydrogens (tertiary/aromatic N) is 5. The van der Waals surface area contributed by atoms with Gasteiger partial charge in [0, 0.05) is 54.1 Å². The van der Waals surface area contributed by atoms with Crippen LogP contribution >= 0.6 is 0 Å². The minimum absolute atomic E-state index is 0.285. The Morgan fingerprint density at radius 3 is 2.62 bits per heavy atom. The second kappa shape index (κ2) is 10.2. The maximum absolute atomic E-state index is 15.6. The average molecular weight is 576 g/mol. The summed E-state index contributed by atoms with van der Waals surface area (Å²) in [5.74, 6) is -1.30. The van der Waals surface area contributed by atoms with Crippen molar-refractivity contribution in [2.75, 3.05) is 26.7 Å². The van der Waals surface area contributed by atoms with E-state index in [-0.39, 0.29) is 5.75 Å². The van der Waals surface area contributed by atoms with Crippen LogP contribution in [-0.2, 0) is 23.0 Å². The predicted molar refractivity (Wildman–Crippen MR) is 158 cm³/mol. The molecule has 0 spiro atoms. The normalized spacial score (nSPS) is 16.8. The van der Waals surface area contributed by atoms with E-state index >= 15 is 4.39 Å². The summed E-state index contributed by atoms with van der Waals surface area (Å²) in [6.07, 6.45) is 2.15. The monoisotopic (exact) mass is 575 g/mol. The molecule has 0 radical (unpaired) electrons. The zero-order chi connectivity index (χ0) is 30.1. The number of likely N-dealkylation sites (tertiary alicyclic amines) is 1. The minimum Gasteiger partial charge on any atom is -0.490 e. The lowest BCUT2D eigenvalue weighted by atomic mass is 9.86. The Balaban J connectivity index is 1.63. The number of halogens is 1. The fourth-order valence-electron chi connectivity index (χ4n) is 6.33. The summed E-state index contributed by atoms with van der Waals surface area (Å²) in [5, 5.41) is 16.0. The van der Waals surface area contributed by atoms with Gasteiger partial charge in [-0.2, -0.15) is 5.10 Å². The summed E-state index contributed by atoms with van der Waals surface area (Å²) < 4.78 is 31.5. The van der Waals surface area contributed by atoms with Crippen LogP contribution in [-0.4, -0.2) is 67.7 Å². The quantitative estimate of drug-likeness (QED) is 0.319. The van der Waals surface area contributed by atoms with E-state index < -0.39 is 23.5 Å². The van der Waals surface area contributed by atoms with Gasteiger partial charge < -0.3 is 24.0 Å². The second-order valence-corrected chi connectivity index (χ2v) is 12.6. The molecule has 0 aliphatic carbocycles. The molecule has 1 fully saturated rings. The van der Waals surface area contributed by atoms with E-state index in [0.29, 0.717) is 52.5 Å². The number of pyridine rings is 1. The summed E-state index contributed by atoms with van der Waals surface area (Å²) in [7, 11) is 4.02. The molecular weight excluding hydrogens is 537 g/mol. The molecule has 1 atom stereocenters. The Labute approximate surface area is 244 Å². The number of aryl methyl sites for hydroxylation is 2. The first kappa shape index (κ1) is 28.4. The first-order valence-electron chi connectivity index (χ1n) is 14.4. The average Bonchev–Trinajstić information content (AvgIpc) is 3.51. The van der Waals surface area contributed by atoms with E-state index in [1.807, 2.05) is 62.3 Å². The van der Waals surface area contributed by atoms with Gasteiger partial charge in [-0.25, -0.2) is 14.2 Å². The molecule has 4 aromatic rings. The fourth-order valence-corrected chi connectivity index (χ4v) is 6.33. The summed E-state index contributed by atoms with van der Waals surface area (Å²) in [4.78, 5) is 19.9. The zero-order valence-electron chi connectivity index (χ0n) is 25.3. The maximum Gasteiger partial charge on any atom is 0.337 e. The number of benzene rings is 1. The molecule has 0 unspecified atom stereocenters. The van der Waals surface area contributed by atoms with Gasteiger partial charge in [0.25, 0.3) is 0 Å². The van der Waals surface area contributed by atoms with Crippen LogP contribution in [0.15, 0.2) is 24.4 Å². The highest BCUT2D eigenvalue weighted by Crippen LogP contribution is 2.45. The van der Waals surface area contributed by atoms with Gasteiger partial charge in [-0.3, -0.25) is 4.68 Å². The van der Waals surface area contributed by atoms with Crippen molar-refractivity contribution in [2.45, 2.75) is 65.2 Å². The first-order chi connectivity index (χ1) is 19.8. The molecule has 0 bridgehead atoms. The Kier molecular flexibility index (Phi) is 6.89. The number of aliphatic carboxylic acids is 1. The molecule has 10 heteroatoms. The van der Waals surface area contributed by atoms with Crippen LogP contribution in [0.25, 0.3) is 33.5 Å². The Morgan fingerprint density at radius 2 is 1.95 bits per heavy atom. The Hall–Kier alpha value is -3.76. The summed E-state index contributed by atoms with van der Waals surface area (Å²) in [6.45, 7) is 11.6. The summed E-state index contributed by atoms with van der Waals surface area (Å²) in [6, 6.07) is 5.78. The van der Waals surface area contributed by atoms with Gasteiger partial charge >= 0.3 is 5.97 Å². The molecular formula is C32H38FN5O4. The third-order valence-corrected chi connectivity index (χ3v) is 8.36. The predicted octanol–water partition coefficient (Wildman–Crippen LogP) is 5.61. The van der Waals surface area contributed by atoms with Crippen LogP contribution in [0.5, 0.6) is 5.75 Å². The number of carbonyl (C=O) groups is 1. The van der Waals surface area contributed by atoms with Gasteiger partial charge in [-0.15, -0.1) is 0 Å². The number of hydrogen-bond acceptors (Lipinski definition) is 6. The van der Waals surface area contributed by atoms with Crippen molar-refractivity contribution in [1.82, 2.24) is 24.2 Å². The molecule has 222 valence electrons. The summed E-state index contributed by atoms with van der Waals surface area (Å²) in [5.41, 5.74) is 5.37. The molecule has 2 aliphatic heterocycles. The number of carboxylic acids is 1. The molecule has 0 saturated carbocycles. The molecule has 1 aromatic carbocycles. The van der Waals surface area contributed by atoms with Gasteiger partial charge in [0.05, 0.1) is 23.9 Å². The van der Waals surface area contributed by atoms with E-state index in [4.69, 9.17) is 19.6 Å². The van der Waals surface area contributed by atoms with Gasteiger partial charge in [0.1, 0.15) is 11.3 Å². The molecule has 0 amide bonds. The van der Waals surface area contributed by atoms with Gasteiger partial charge in [-0.1, -0.05) is 0 Å². The standard InChI is InChI=1S/C32H38FN5O4/c1-17-20-9-8-12-41-28(20)23(33)13-21(17)27-22-14-25(24-10-11-38(35-24)19-15-36(6)16-19)37(7)30(22)34-18(2)26(27)29(31(39)40)42-32(3,4)5/h10-11,13-14,19,29H,8-9,12,15-16H2,1-7H3,(H,39,40)/t29-/m0/s1. The van der Waals surface area contributed by atoms with Crippen LogP contribution in [0.2, 0.25) is 0 Å². The van der Waals surface area contributed by atoms with Crippen molar-refractivity contribution < 1.29 is 23.8 Å². The Morgan fingerprint density at radius 1 is 1.21 bits per heavy atom. The Bertz CT molecular complexity index is 1710. The molecule has 9 nitrogen and oxygen atoms in total. The molecule has 5 heterocycles. The van der Waals surface area contributed by atoms with Crippen LogP contribution in [0.3, 0.4) is 0 Å². The van der Waals surface area contributed by atoms with E-state index in [0.717, 1.165) is 42.0 Å². The molecule has 3 aromatic heterocycles. The number of hydrogen-bond donors (Lipinski definition) is 1. The number of ether oxygens (including phenoxy) is 2. The molecule has 1 saturated heterocycles.